The van der Waals surface area contributed by atoms with Gasteiger partial charge in [-0.2, -0.15) is 0 Å². The summed E-state index contributed by atoms with van der Waals surface area (Å²) < 4.78 is 0. The van der Waals surface area contributed by atoms with Crippen LogP contribution in [0, 0.1) is 5.92 Å². The van der Waals surface area contributed by atoms with Gasteiger partial charge in [-0.3, -0.25) is 9.59 Å². The Kier molecular flexibility index (Phi) is 5.68. The van der Waals surface area contributed by atoms with Crippen LogP contribution < -0.4 is 5.32 Å². The molecule has 1 aliphatic heterocycles. The van der Waals surface area contributed by atoms with Crippen LogP contribution in [0.4, 0.5) is 0 Å². The highest BCUT2D eigenvalue weighted by Crippen LogP contribution is 2.23. The quantitative estimate of drug-likeness (QED) is 0.845. The number of nitrogens with zero attached hydrogens (tertiary/aromatic N) is 1. The van der Waals surface area contributed by atoms with Crippen LogP contribution in [0.3, 0.4) is 0 Å². The number of rotatable bonds is 5. The third-order valence-electron chi connectivity index (χ3n) is 4.49. The van der Waals surface area contributed by atoms with Gasteiger partial charge < -0.3 is 15.3 Å². The molecule has 2 amide bonds. The molecule has 136 valence electrons. The van der Waals surface area contributed by atoms with E-state index in [0.717, 1.165) is 16.9 Å². The summed E-state index contributed by atoms with van der Waals surface area (Å²) >= 11 is 0.986. The standard InChI is InChI=1S/C19H20N2O4S/c22-17(20-12-13-4-2-1-3-5-13)14-8-10-21(11-9-14)18(23)15-6-7-16(26-15)19(24)25/h1-7,14H,8-12H2,(H,20,22)(H,24,25). The Morgan fingerprint density at radius 1 is 1.04 bits per heavy atom. The minimum Gasteiger partial charge on any atom is -0.477 e. The summed E-state index contributed by atoms with van der Waals surface area (Å²) in [5.74, 6) is -1.26. The van der Waals surface area contributed by atoms with Crippen molar-refractivity contribution in [2.45, 2.75) is 19.4 Å². The molecule has 0 radical (unpaired) electrons. The molecule has 2 aromatic rings. The van der Waals surface area contributed by atoms with Gasteiger partial charge in [0.25, 0.3) is 5.91 Å². The summed E-state index contributed by atoms with van der Waals surface area (Å²) in [6.45, 7) is 1.51. The summed E-state index contributed by atoms with van der Waals surface area (Å²) in [4.78, 5) is 38.0. The number of carboxylic acids is 1. The smallest absolute Gasteiger partial charge is 0.345 e. The van der Waals surface area contributed by atoms with E-state index in [-0.39, 0.29) is 22.6 Å². The molecule has 0 aliphatic carbocycles. The van der Waals surface area contributed by atoms with Gasteiger partial charge in [-0.15, -0.1) is 11.3 Å². The van der Waals surface area contributed by atoms with Gasteiger partial charge in [0.2, 0.25) is 5.91 Å². The minimum absolute atomic E-state index is 0.0187. The van der Waals surface area contributed by atoms with Crippen LogP contribution in [0.15, 0.2) is 42.5 Å². The van der Waals surface area contributed by atoms with Crippen LogP contribution in [0.5, 0.6) is 0 Å². The molecule has 0 atom stereocenters. The number of benzene rings is 1. The number of thiophene rings is 1. The van der Waals surface area contributed by atoms with E-state index >= 15 is 0 Å². The van der Waals surface area contributed by atoms with E-state index < -0.39 is 5.97 Å². The largest absolute Gasteiger partial charge is 0.477 e. The van der Waals surface area contributed by atoms with Crippen molar-refractivity contribution in [3.63, 3.8) is 0 Å². The number of hydrogen-bond acceptors (Lipinski definition) is 4. The maximum absolute atomic E-state index is 12.5. The van der Waals surface area contributed by atoms with Crippen LogP contribution >= 0.6 is 11.3 Å². The van der Waals surface area contributed by atoms with Crippen molar-refractivity contribution < 1.29 is 19.5 Å². The molecule has 1 saturated heterocycles. The van der Waals surface area contributed by atoms with Gasteiger partial charge in [0.15, 0.2) is 0 Å². The van der Waals surface area contributed by atoms with Crippen molar-refractivity contribution >= 4 is 29.1 Å². The first-order chi connectivity index (χ1) is 12.5. The number of carboxylic acid groups (broad SMARTS) is 1. The Morgan fingerprint density at radius 2 is 1.69 bits per heavy atom. The van der Waals surface area contributed by atoms with E-state index in [0.29, 0.717) is 37.4 Å². The zero-order valence-electron chi connectivity index (χ0n) is 14.2. The van der Waals surface area contributed by atoms with E-state index in [4.69, 9.17) is 5.11 Å². The molecule has 7 heteroatoms. The first kappa shape index (κ1) is 18.1. The van der Waals surface area contributed by atoms with Crippen molar-refractivity contribution in [1.29, 1.82) is 0 Å². The Labute approximate surface area is 155 Å². The Morgan fingerprint density at radius 3 is 2.31 bits per heavy atom. The lowest BCUT2D eigenvalue weighted by atomic mass is 9.95. The zero-order valence-corrected chi connectivity index (χ0v) is 15.0. The highest BCUT2D eigenvalue weighted by atomic mass is 32.1. The van der Waals surface area contributed by atoms with Crippen molar-refractivity contribution in [1.82, 2.24) is 10.2 Å². The van der Waals surface area contributed by atoms with Crippen LogP contribution in [0.1, 0.15) is 37.7 Å². The van der Waals surface area contributed by atoms with Crippen LogP contribution in [-0.2, 0) is 11.3 Å². The van der Waals surface area contributed by atoms with Gasteiger partial charge in [0.05, 0.1) is 4.88 Å². The molecule has 6 nitrogen and oxygen atoms in total. The fourth-order valence-electron chi connectivity index (χ4n) is 3.00. The second kappa shape index (κ2) is 8.14. The second-order valence-electron chi connectivity index (χ2n) is 6.24. The molecule has 2 N–H and O–H groups in total. The molecule has 1 aromatic heterocycles. The number of piperidine rings is 1. The van der Waals surface area contributed by atoms with E-state index in [1.165, 1.54) is 6.07 Å². The molecular formula is C19H20N2O4S. The number of amides is 2. The van der Waals surface area contributed by atoms with Crippen molar-refractivity contribution in [3.8, 4) is 0 Å². The average Bonchev–Trinajstić information content (AvgIpc) is 3.17. The zero-order chi connectivity index (χ0) is 18.5. The maximum Gasteiger partial charge on any atom is 0.345 e. The molecule has 1 aliphatic rings. The summed E-state index contributed by atoms with van der Waals surface area (Å²) in [7, 11) is 0. The normalized spacial score (nSPS) is 14.8. The fourth-order valence-corrected chi connectivity index (χ4v) is 3.81. The molecule has 1 aromatic carbocycles. The van der Waals surface area contributed by atoms with Gasteiger partial charge in [-0.1, -0.05) is 30.3 Å². The molecule has 1 fully saturated rings. The highest BCUT2D eigenvalue weighted by Gasteiger charge is 2.28. The first-order valence-electron chi connectivity index (χ1n) is 8.48. The lowest BCUT2D eigenvalue weighted by Crippen LogP contribution is -2.42. The highest BCUT2D eigenvalue weighted by molar-refractivity contribution is 7.15. The Bertz CT molecular complexity index is 795. The SMILES string of the molecule is O=C(O)c1ccc(C(=O)N2CCC(C(=O)NCc3ccccc3)CC2)s1. The molecule has 0 spiro atoms. The van der Waals surface area contributed by atoms with Gasteiger partial charge in [0, 0.05) is 25.6 Å². The third-order valence-corrected chi connectivity index (χ3v) is 5.55. The maximum atomic E-state index is 12.5. The average molecular weight is 372 g/mol. The molecule has 26 heavy (non-hydrogen) atoms. The predicted molar refractivity (Wildman–Crippen MR) is 98.2 cm³/mol. The lowest BCUT2D eigenvalue weighted by molar-refractivity contribution is -0.126. The number of carbonyl (C=O) groups excluding carboxylic acids is 2. The molecular weight excluding hydrogens is 352 g/mol. The Balaban J connectivity index is 1.49. The second-order valence-corrected chi connectivity index (χ2v) is 7.32. The summed E-state index contributed by atoms with van der Waals surface area (Å²) in [5.41, 5.74) is 1.06. The number of likely N-dealkylation sites (tertiary alicyclic amines) is 1. The predicted octanol–water partition coefficient (Wildman–Crippen LogP) is 2.61. The lowest BCUT2D eigenvalue weighted by Gasteiger charge is -2.31. The number of hydrogen-bond donors (Lipinski definition) is 2. The van der Waals surface area contributed by atoms with Gasteiger partial charge >= 0.3 is 5.97 Å². The molecule has 0 saturated carbocycles. The topological polar surface area (TPSA) is 86.7 Å². The summed E-state index contributed by atoms with van der Waals surface area (Å²) in [6, 6.07) is 12.7. The summed E-state index contributed by atoms with van der Waals surface area (Å²) in [6.07, 6.45) is 1.23. The Hall–Kier alpha value is -2.67. The fraction of sp³-hybridized carbons (Fsp3) is 0.316. The van der Waals surface area contributed by atoms with Crippen LogP contribution in [-0.4, -0.2) is 40.9 Å². The molecule has 2 heterocycles. The monoisotopic (exact) mass is 372 g/mol. The number of aromatic carboxylic acids is 1. The van der Waals surface area contributed by atoms with Gasteiger partial charge in [-0.05, 0) is 30.5 Å². The molecule has 0 bridgehead atoms. The van der Waals surface area contributed by atoms with Crippen LogP contribution in [0.25, 0.3) is 0 Å². The molecule has 0 unspecified atom stereocenters. The van der Waals surface area contributed by atoms with Crippen molar-refractivity contribution in [2.75, 3.05) is 13.1 Å². The summed E-state index contributed by atoms with van der Waals surface area (Å²) in [5, 5.41) is 11.9. The first-order valence-corrected chi connectivity index (χ1v) is 9.30. The number of carbonyl (C=O) groups is 3. The van der Waals surface area contributed by atoms with Crippen LogP contribution in [0.2, 0.25) is 0 Å². The van der Waals surface area contributed by atoms with E-state index in [2.05, 4.69) is 5.32 Å². The van der Waals surface area contributed by atoms with Crippen molar-refractivity contribution in [2.24, 2.45) is 5.92 Å². The van der Waals surface area contributed by atoms with Crippen molar-refractivity contribution in [3.05, 3.63) is 57.8 Å². The van der Waals surface area contributed by atoms with Gasteiger partial charge in [0.1, 0.15) is 4.88 Å². The van der Waals surface area contributed by atoms with Gasteiger partial charge in [-0.25, -0.2) is 4.79 Å². The van der Waals surface area contributed by atoms with E-state index in [1.807, 2.05) is 30.3 Å². The minimum atomic E-state index is -1.03. The third kappa shape index (κ3) is 4.29. The van der Waals surface area contributed by atoms with E-state index in [9.17, 15) is 14.4 Å². The number of nitrogens with one attached hydrogen (secondary N) is 1. The van der Waals surface area contributed by atoms with E-state index in [1.54, 1.807) is 11.0 Å². The molecule has 3 rings (SSSR count).